The van der Waals surface area contributed by atoms with Gasteiger partial charge in [-0.15, -0.1) is 0 Å². The second-order valence-corrected chi connectivity index (χ2v) is 5.70. The summed E-state index contributed by atoms with van der Waals surface area (Å²) in [5.74, 6) is 0. The molecule has 1 rings (SSSR count). The lowest BCUT2D eigenvalue weighted by molar-refractivity contribution is 0.461. The summed E-state index contributed by atoms with van der Waals surface area (Å²) in [6.07, 6.45) is 0.813. The summed E-state index contributed by atoms with van der Waals surface area (Å²) in [5, 5.41) is 10.7. The Morgan fingerprint density at radius 2 is 2.29 bits per heavy atom. The number of likely N-dealkylation sites (N-methyl/N-ethyl adjacent to an activating group) is 1. The van der Waals surface area contributed by atoms with Gasteiger partial charge in [0.15, 0.2) is 5.25 Å². The van der Waals surface area contributed by atoms with Crippen LogP contribution in [0.3, 0.4) is 0 Å². The molecule has 0 spiro atoms. The maximum absolute atomic E-state index is 11.7. The van der Waals surface area contributed by atoms with Gasteiger partial charge in [-0.3, -0.25) is 0 Å². The van der Waals surface area contributed by atoms with E-state index < -0.39 is 15.3 Å². The van der Waals surface area contributed by atoms with Crippen molar-refractivity contribution in [1.29, 1.82) is 5.26 Å². The summed E-state index contributed by atoms with van der Waals surface area (Å²) in [5.41, 5.74) is 0. The second-order valence-electron chi connectivity index (χ2n) is 3.45. The van der Waals surface area contributed by atoms with E-state index >= 15 is 0 Å². The number of nitrogens with one attached hydrogen (secondary N) is 1. The van der Waals surface area contributed by atoms with Crippen molar-refractivity contribution >= 4 is 10.0 Å². The SMILES string of the molecule is CNC1CCN(S(=O)(=O)C(C)C#N)C1. The minimum absolute atomic E-state index is 0.218. The lowest BCUT2D eigenvalue weighted by atomic mass is 10.3. The smallest absolute Gasteiger partial charge is 0.230 e. The van der Waals surface area contributed by atoms with Crippen molar-refractivity contribution in [3.05, 3.63) is 0 Å². The minimum Gasteiger partial charge on any atom is -0.316 e. The Kier molecular flexibility index (Phi) is 3.48. The van der Waals surface area contributed by atoms with Crippen molar-refractivity contribution in [1.82, 2.24) is 9.62 Å². The number of hydrogen-bond donors (Lipinski definition) is 1. The lowest BCUT2D eigenvalue weighted by Gasteiger charge is -2.17. The fourth-order valence-corrected chi connectivity index (χ4v) is 2.81. The van der Waals surface area contributed by atoms with Crippen LogP contribution in [-0.4, -0.2) is 44.2 Å². The van der Waals surface area contributed by atoms with E-state index in [0.29, 0.717) is 13.1 Å². The quantitative estimate of drug-likeness (QED) is 0.693. The molecule has 0 radical (unpaired) electrons. The van der Waals surface area contributed by atoms with Gasteiger partial charge < -0.3 is 5.32 Å². The first kappa shape index (κ1) is 11.4. The van der Waals surface area contributed by atoms with E-state index in [-0.39, 0.29) is 6.04 Å². The predicted octanol–water partition coefficient (Wildman–Crippen LogP) is -0.478. The maximum atomic E-state index is 11.7. The summed E-state index contributed by atoms with van der Waals surface area (Å²) >= 11 is 0. The van der Waals surface area contributed by atoms with Crippen molar-refractivity contribution in [3.63, 3.8) is 0 Å². The van der Waals surface area contributed by atoms with E-state index in [4.69, 9.17) is 5.26 Å². The third-order valence-electron chi connectivity index (χ3n) is 2.55. The van der Waals surface area contributed by atoms with Gasteiger partial charge in [0.05, 0.1) is 6.07 Å². The average Bonchev–Trinajstić information content (AvgIpc) is 2.65. The second kappa shape index (κ2) is 4.26. The molecule has 0 amide bonds. The number of sulfonamides is 1. The summed E-state index contributed by atoms with van der Waals surface area (Å²) in [7, 11) is -1.59. The molecule has 1 aliphatic rings. The van der Waals surface area contributed by atoms with E-state index in [1.807, 2.05) is 7.05 Å². The molecule has 14 heavy (non-hydrogen) atoms. The van der Waals surface area contributed by atoms with Crippen LogP contribution in [0.15, 0.2) is 0 Å². The molecule has 1 heterocycles. The monoisotopic (exact) mass is 217 g/mol. The topological polar surface area (TPSA) is 73.2 Å². The zero-order valence-corrected chi connectivity index (χ0v) is 9.21. The normalized spacial score (nSPS) is 25.9. The Bertz CT molecular complexity index is 333. The first-order chi connectivity index (χ1) is 6.52. The minimum atomic E-state index is -3.40. The number of nitrogens with zero attached hydrogens (tertiary/aromatic N) is 2. The van der Waals surface area contributed by atoms with E-state index in [2.05, 4.69) is 5.32 Å². The van der Waals surface area contributed by atoms with Gasteiger partial charge in [-0.05, 0) is 20.4 Å². The molecule has 1 fully saturated rings. The molecule has 0 aromatic carbocycles. The molecule has 80 valence electrons. The molecule has 0 bridgehead atoms. The fraction of sp³-hybridized carbons (Fsp3) is 0.875. The number of hydrogen-bond acceptors (Lipinski definition) is 4. The Balaban J connectivity index is 2.73. The highest BCUT2D eigenvalue weighted by molar-refractivity contribution is 7.89. The fourth-order valence-electron chi connectivity index (χ4n) is 1.49. The molecule has 5 nitrogen and oxygen atoms in total. The average molecular weight is 217 g/mol. The highest BCUT2D eigenvalue weighted by Gasteiger charge is 2.34. The molecule has 0 aliphatic carbocycles. The van der Waals surface area contributed by atoms with Crippen LogP contribution in [0.25, 0.3) is 0 Å². The maximum Gasteiger partial charge on any atom is 0.230 e. The molecule has 1 saturated heterocycles. The Morgan fingerprint density at radius 1 is 1.64 bits per heavy atom. The summed E-state index contributed by atoms with van der Waals surface area (Å²) < 4.78 is 24.8. The highest BCUT2D eigenvalue weighted by atomic mass is 32.2. The van der Waals surface area contributed by atoms with Crippen LogP contribution in [0.2, 0.25) is 0 Å². The van der Waals surface area contributed by atoms with Crippen molar-refractivity contribution in [2.24, 2.45) is 0 Å². The number of nitriles is 1. The molecular weight excluding hydrogens is 202 g/mol. The third kappa shape index (κ3) is 2.05. The van der Waals surface area contributed by atoms with Crippen molar-refractivity contribution in [2.75, 3.05) is 20.1 Å². The highest BCUT2D eigenvalue weighted by Crippen LogP contribution is 2.16. The van der Waals surface area contributed by atoms with Crippen LogP contribution in [-0.2, 0) is 10.0 Å². The van der Waals surface area contributed by atoms with Crippen LogP contribution in [0.5, 0.6) is 0 Å². The molecule has 2 unspecified atom stereocenters. The van der Waals surface area contributed by atoms with Gasteiger partial charge in [0, 0.05) is 19.1 Å². The van der Waals surface area contributed by atoms with Crippen LogP contribution in [0.1, 0.15) is 13.3 Å². The van der Waals surface area contributed by atoms with E-state index in [1.165, 1.54) is 11.2 Å². The first-order valence-electron chi connectivity index (χ1n) is 4.58. The molecule has 1 aliphatic heterocycles. The van der Waals surface area contributed by atoms with Crippen molar-refractivity contribution < 1.29 is 8.42 Å². The summed E-state index contributed by atoms with van der Waals surface area (Å²) in [4.78, 5) is 0. The molecule has 2 atom stereocenters. The lowest BCUT2D eigenvalue weighted by Crippen LogP contribution is -2.37. The molecule has 0 aromatic heterocycles. The molecule has 6 heteroatoms. The van der Waals surface area contributed by atoms with Gasteiger partial charge in [0.2, 0.25) is 10.0 Å². The van der Waals surface area contributed by atoms with Crippen molar-refractivity contribution in [2.45, 2.75) is 24.6 Å². The molecule has 0 aromatic rings. The number of rotatable bonds is 3. The van der Waals surface area contributed by atoms with Gasteiger partial charge in [-0.1, -0.05) is 0 Å². The Labute approximate surface area is 84.8 Å². The van der Waals surface area contributed by atoms with E-state index in [1.54, 1.807) is 6.07 Å². The third-order valence-corrected chi connectivity index (χ3v) is 4.60. The van der Waals surface area contributed by atoms with Gasteiger partial charge in [-0.2, -0.15) is 9.57 Å². The Morgan fingerprint density at radius 3 is 2.71 bits per heavy atom. The van der Waals surface area contributed by atoms with E-state index in [0.717, 1.165) is 6.42 Å². The first-order valence-corrected chi connectivity index (χ1v) is 6.08. The molecule has 1 N–H and O–H groups in total. The van der Waals surface area contributed by atoms with Crippen LogP contribution in [0.4, 0.5) is 0 Å². The molecule has 0 saturated carbocycles. The van der Waals surface area contributed by atoms with Crippen LogP contribution in [0, 0.1) is 11.3 Å². The largest absolute Gasteiger partial charge is 0.316 e. The zero-order valence-electron chi connectivity index (χ0n) is 8.40. The van der Waals surface area contributed by atoms with Crippen LogP contribution < -0.4 is 5.32 Å². The van der Waals surface area contributed by atoms with Gasteiger partial charge in [0.25, 0.3) is 0 Å². The van der Waals surface area contributed by atoms with E-state index in [9.17, 15) is 8.42 Å². The van der Waals surface area contributed by atoms with Gasteiger partial charge in [0.1, 0.15) is 0 Å². The van der Waals surface area contributed by atoms with Crippen LogP contribution >= 0.6 is 0 Å². The van der Waals surface area contributed by atoms with Gasteiger partial charge in [-0.25, -0.2) is 8.42 Å². The Hall–Kier alpha value is -0.640. The van der Waals surface area contributed by atoms with Crippen molar-refractivity contribution in [3.8, 4) is 6.07 Å². The summed E-state index contributed by atoms with van der Waals surface area (Å²) in [6.45, 7) is 2.41. The standard InChI is InChI=1S/C8H15N3O2S/c1-7(5-9)14(12,13)11-4-3-8(6-11)10-2/h7-8,10H,3-4,6H2,1-2H3. The predicted molar refractivity (Wildman–Crippen MR) is 53.0 cm³/mol. The molecular formula is C8H15N3O2S. The summed E-state index contributed by atoms with van der Waals surface area (Å²) in [6, 6.07) is 1.98. The zero-order chi connectivity index (χ0) is 10.8. The van der Waals surface area contributed by atoms with Gasteiger partial charge >= 0.3 is 0 Å².